The molecule has 2 heterocycles. The van der Waals surface area contributed by atoms with Gasteiger partial charge in [0.15, 0.2) is 11.6 Å². The average molecular weight is 471 g/mol. The Bertz CT molecular complexity index is 1440. The third-order valence-corrected chi connectivity index (χ3v) is 5.69. The molecule has 0 saturated heterocycles. The fourth-order valence-corrected chi connectivity index (χ4v) is 3.94. The summed E-state index contributed by atoms with van der Waals surface area (Å²) < 4.78 is 17.5. The van der Waals surface area contributed by atoms with Crippen molar-refractivity contribution in [1.82, 2.24) is 9.97 Å². The number of benzene rings is 4. The van der Waals surface area contributed by atoms with E-state index in [2.05, 4.69) is 4.98 Å². The lowest BCUT2D eigenvalue weighted by Crippen LogP contribution is -1.87. The van der Waals surface area contributed by atoms with Crippen LogP contribution in [0, 0.1) is 0 Å². The molecule has 0 unspecified atom stereocenters. The second kappa shape index (κ2) is 9.68. The highest BCUT2D eigenvalue weighted by molar-refractivity contribution is 5.81. The maximum absolute atomic E-state index is 5.96. The molecule has 0 saturated carbocycles. The van der Waals surface area contributed by atoms with Crippen molar-refractivity contribution in [3.63, 3.8) is 0 Å². The number of furan rings is 1. The molecule has 0 aliphatic carbocycles. The van der Waals surface area contributed by atoms with Crippen LogP contribution in [0.5, 0.6) is 23.0 Å². The van der Waals surface area contributed by atoms with Gasteiger partial charge in [0.2, 0.25) is 0 Å². The van der Waals surface area contributed by atoms with Crippen LogP contribution in [0.2, 0.25) is 0 Å². The zero-order valence-corrected chi connectivity index (χ0v) is 19.3. The number of nitrogens with zero attached hydrogens (tertiary/aromatic N) is 1. The predicted molar refractivity (Wildman–Crippen MR) is 140 cm³/mol. The van der Waals surface area contributed by atoms with Crippen molar-refractivity contribution in [3.8, 4) is 57.1 Å². The number of hydrogen-bond donors (Lipinski definition) is 1. The van der Waals surface area contributed by atoms with E-state index in [0.29, 0.717) is 11.6 Å². The molecule has 0 bridgehead atoms. The van der Waals surface area contributed by atoms with Gasteiger partial charge < -0.3 is 18.9 Å². The van der Waals surface area contributed by atoms with Crippen LogP contribution in [0.15, 0.2) is 132 Å². The number of para-hydroxylation sites is 2. The summed E-state index contributed by atoms with van der Waals surface area (Å²) in [5.41, 5.74) is 3.66. The number of aromatic nitrogens is 2. The molecule has 36 heavy (non-hydrogen) atoms. The number of rotatable bonds is 7. The van der Waals surface area contributed by atoms with Crippen molar-refractivity contribution in [2.75, 3.05) is 0 Å². The highest BCUT2D eigenvalue weighted by Gasteiger charge is 2.17. The quantitative estimate of drug-likeness (QED) is 0.254. The number of hydrogen-bond acceptors (Lipinski definition) is 4. The van der Waals surface area contributed by atoms with Crippen LogP contribution in [0.4, 0.5) is 0 Å². The van der Waals surface area contributed by atoms with Gasteiger partial charge in [-0.05, 0) is 84.9 Å². The minimum Gasteiger partial charge on any atom is -0.461 e. The Kier molecular flexibility index (Phi) is 5.78. The molecular formula is C31H22N2O3. The number of ether oxygens (including phenoxy) is 2. The van der Waals surface area contributed by atoms with Crippen LogP contribution in [0.3, 0.4) is 0 Å². The molecule has 5 heteroatoms. The summed E-state index contributed by atoms with van der Waals surface area (Å²) in [5.74, 6) is 4.46. The fraction of sp³-hybridized carbons (Fsp3) is 0. The van der Waals surface area contributed by atoms with Gasteiger partial charge in [0.05, 0.1) is 17.7 Å². The molecule has 2 aromatic heterocycles. The van der Waals surface area contributed by atoms with Crippen LogP contribution in [-0.2, 0) is 0 Å². The van der Waals surface area contributed by atoms with Crippen LogP contribution >= 0.6 is 0 Å². The highest BCUT2D eigenvalue weighted by atomic mass is 16.5. The van der Waals surface area contributed by atoms with Gasteiger partial charge in [0.25, 0.3) is 0 Å². The van der Waals surface area contributed by atoms with Gasteiger partial charge in [-0.1, -0.05) is 36.4 Å². The van der Waals surface area contributed by atoms with Crippen molar-refractivity contribution < 1.29 is 13.9 Å². The molecule has 0 spiro atoms. The molecule has 5 nitrogen and oxygen atoms in total. The molecule has 0 aliphatic heterocycles. The van der Waals surface area contributed by atoms with Crippen molar-refractivity contribution >= 4 is 0 Å². The first kappa shape index (κ1) is 21.5. The fourth-order valence-electron chi connectivity index (χ4n) is 3.94. The number of H-pyrrole nitrogens is 1. The van der Waals surface area contributed by atoms with E-state index in [-0.39, 0.29) is 0 Å². The topological polar surface area (TPSA) is 60.3 Å². The van der Waals surface area contributed by atoms with E-state index in [0.717, 1.165) is 45.5 Å². The van der Waals surface area contributed by atoms with E-state index in [1.807, 2.05) is 121 Å². The van der Waals surface area contributed by atoms with Gasteiger partial charge in [0, 0.05) is 11.1 Å². The first-order chi connectivity index (χ1) is 17.8. The lowest BCUT2D eigenvalue weighted by atomic mass is 10.0. The van der Waals surface area contributed by atoms with Gasteiger partial charge >= 0.3 is 0 Å². The molecule has 174 valence electrons. The molecule has 0 amide bonds. The maximum Gasteiger partial charge on any atom is 0.174 e. The van der Waals surface area contributed by atoms with E-state index in [4.69, 9.17) is 18.9 Å². The SMILES string of the molecule is c1ccc(Oc2ccc(-c3nc(-c4ccco4)[nH]c3-c3ccc(Oc4ccccc4)cc3)cc2)cc1. The monoisotopic (exact) mass is 470 g/mol. The van der Waals surface area contributed by atoms with E-state index in [9.17, 15) is 0 Å². The normalized spacial score (nSPS) is 10.8. The Morgan fingerprint density at radius 2 is 1.06 bits per heavy atom. The smallest absolute Gasteiger partial charge is 0.174 e. The standard InChI is InChI=1S/C31H22N2O3/c1-3-8-24(9-4-1)35-26-17-13-22(14-18-26)29-30(33-31(32-29)28-12-7-21-34-28)23-15-19-27(20-16-23)36-25-10-5-2-6-11-25/h1-21H,(H,32,33). The Hall–Kier alpha value is -5.03. The highest BCUT2D eigenvalue weighted by Crippen LogP contribution is 2.35. The summed E-state index contributed by atoms with van der Waals surface area (Å²) in [7, 11) is 0. The molecule has 6 rings (SSSR count). The molecule has 0 aliphatic rings. The molecule has 1 N–H and O–H groups in total. The van der Waals surface area contributed by atoms with E-state index in [1.54, 1.807) is 6.26 Å². The van der Waals surface area contributed by atoms with Crippen LogP contribution in [0.25, 0.3) is 34.1 Å². The lowest BCUT2D eigenvalue weighted by molar-refractivity contribution is 0.482. The van der Waals surface area contributed by atoms with E-state index < -0.39 is 0 Å². The second-order valence-electron chi connectivity index (χ2n) is 8.17. The minimum absolute atomic E-state index is 0.666. The zero-order chi connectivity index (χ0) is 24.2. The summed E-state index contributed by atoms with van der Waals surface area (Å²) in [6, 6.07) is 39.1. The van der Waals surface area contributed by atoms with Crippen molar-refractivity contribution in [1.29, 1.82) is 0 Å². The Balaban J connectivity index is 1.32. The van der Waals surface area contributed by atoms with E-state index >= 15 is 0 Å². The van der Waals surface area contributed by atoms with Crippen LogP contribution in [0.1, 0.15) is 0 Å². The molecule has 6 aromatic rings. The second-order valence-corrected chi connectivity index (χ2v) is 8.17. The summed E-state index contributed by atoms with van der Waals surface area (Å²) >= 11 is 0. The Morgan fingerprint density at radius 1 is 0.528 bits per heavy atom. The summed E-state index contributed by atoms with van der Waals surface area (Å²) in [6.07, 6.45) is 1.64. The molecule has 4 aromatic carbocycles. The third kappa shape index (κ3) is 4.63. The first-order valence-electron chi connectivity index (χ1n) is 11.6. The molecular weight excluding hydrogens is 448 g/mol. The molecule has 0 fully saturated rings. The van der Waals surface area contributed by atoms with Gasteiger partial charge in [-0.25, -0.2) is 4.98 Å². The predicted octanol–water partition coefficient (Wildman–Crippen LogP) is 8.59. The zero-order valence-electron chi connectivity index (χ0n) is 19.3. The van der Waals surface area contributed by atoms with Gasteiger partial charge in [0.1, 0.15) is 23.0 Å². The molecule has 0 radical (unpaired) electrons. The van der Waals surface area contributed by atoms with Gasteiger partial charge in [-0.2, -0.15) is 0 Å². The van der Waals surface area contributed by atoms with Gasteiger partial charge in [-0.3, -0.25) is 0 Å². The number of aromatic amines is 1. The average Bonchev–Trinajstić information content (AvgIpc) is 3.62. The number of imidazole rings is 1. The van der Waals surface area contributed by atoms with Crippen molar-refractivity contribution in [3.05, 3.63) is 128 Å². The van der Waals surface area contributed by atoms with E-state index in [1.165, 1.54) is 0 Å². The Labute approximate surface area is 208 Å². The Morgan fingerprint density at radius 3 is 1.58 bits per heavy atom. The minimum atomic E-state index is 0.666. The van der Waals surface area contributed by atoms with Crippen LogP contribution < -0.4 is 9.47 Å². The lowest BCUT2D eigenvalue weighted by Gasteiger charge is -2.08. The summed E-state index contributed by atoms with van der Waals surface area (Å²) in [4.78, 5) is 8.33. The third-order valence-electron chi connectivity index (χ3n) is 5.69. The largest absolute Gasteiger partial charge is 0.461 e. The molecule has 0 atom stereocenters. The first-order valence-corrected chi connectivity index (χ1v) is 11.6. The number of nitrogens with one attached hydrogen (secondary N) is 1. The summed E-state index contributed by atoms with van der Waals surface area (Å²) in [5, 5.41) is 0. The van der Waals surface area contributed by atoms with Gasteiger partial charge in [-0.15, -0.1) is 0 Å². The van der Waals surface area contributed by atoms with Crippen molar-refractivity contribution in [2.45, 2.75) is 0 Å². The van der Waals surface area contributed by atoms with Crippen molar-refractivity contribution in [2.24, 2.45) is 0 Å². The van der Waals surface area contributed by atoms with Crippen LogP contribution in [-0.4, -0.2) is 9.97 Å². The maximum atomic E-state index is 5.96. The summed E-state index contributed by atoms with van der Waals surface area (Å²) in [6.45, 7) is 0.